The normalized spacial score (nSPS) is 11.2. The topological polar surface area (TPSA) is 86.9 Å². The molecule has 0 aliphatic rings. The molecule has 3 N–H and O–H groups in total. The smallest absolute Gasteiger partial charge is 0.265 e. The summed E-state index contributed by atoms with van der Waals surface area (Å²) in [5, 5.41) is 9.26. The zero-order valence-corrected chi connectivity index (χ0v) is 10.9. The molecule has 18 heavy (non-hydrogen) atoms. The minimum atomic E-state index is -3.58. The lowest BCUT2D eigenvalue weighted by atomic mass is 10.3. The Kier molecular flexibility index (Phi) is 3.24. The van der Waals surface area contributed by atoms with Crippen molar-refractivity contribution in [3.8, 4) is 0 Å². The fourth-order valence-corrected chi connectivity index (χ4v) is 2.72. The first-order valence-electron chi connectivity index (χ1n) is 5.33. The molecular weight excluding hydrogens is 252 g/mol. The molecule has 0 fully saturated rings. The average Bonchev–Trinajstić information content (AvgIpc) is 2.77. The number of aromatic nitrogens is 2. The van der Waals surface area contributed by atoms with Crippen molar-refractivity contribution in [2.24, 2.45) is 0 Å². The number of anilines is 2. The van der Waals surface area contributed by atoms with Gasteiger partial charge in [-0.15, -0.1) is 0 Å². The molecule has 7 heteroatoms. The summed E-state index contributed by atoms with van der Waals surface area (Å²) in [4.78, 5) is 0.153. The lowest BCUT2D eigenvalue weighted by Crippen LogP contribution is -2.13. The summed E-state index contributed by atoms with van der Waals surface area (Å²) in [5.74, 6) is 0. The summed E-state index contributed by atoms with van der Waals surface area (Å²) in [6, 6.07) is 6.97. The van der Waals surface area contributed by atoms with Gasteiger partial charge in [-0.1, -0.05) is 0 Å². The molecule has 1 aromatic carbocycles. The number of sulfonamides is 1. The number of nitrogens with zero attached hydrogens (tertiary/aromatic N) is 1. The second-order valence-electron chi connectivity index (χ2n) is 3.79. The van der Waals surface area contributed by atoms with E-state index in [0.717, 1.165) is 5.69 Å². The van der Waals surface area contributed by atoms with Gasteiger partial charge in [0.25, 0.3) is 10.0 Å². The summed E-state index contributed by atoms with van der Waals surface area (Å²) >= 11 is 0. The van der Waals surface area contributed by atoms with Gasteiger partial charge in [-0.25, -0.2) is 8.42 Å². The first kappa shape index (κ1) is 12.4. The van der Waals surface area contributed by atoms with Crippen molar-refractivity contribution in [1.82, 2.24) is 10.2 Å². The predicted molar refractivity (Wildman–Crippen MR) is 70.1 cm³/mol. The van der Waals surface area contributed by atoms with Gasteiger partial charge in [0.15, 0.2) is 0 Å². The van der Waals surface area contributed by atoms with Crippen molar-refractivity contribution in [2.75, 3.05) is 17.1 Å². The van der Waals surface area contributed by atoms with Gasteiger partial charge in [0.2, 0.25) is 0 Å². The van der Waals surface area contributed by atoms with E-state index in [0.29, 0.717) is 11.4 Å². The third kappa shape index (κ3) is 2.45. The van der Waals surface area contributed by atoms with Crippen LogP contribution in [0.1, 0.15) is 5.69 Å². The molecule has 0 aliphatic carbocycles. The van der Waals surface area contributed by atoms with Gasteiger partial charge in [-0.3, -0.25) is 9.82 Å². The van der Waals surface area contributed by atoms with Gasteiger partial charge in [-0.05, 0) is 31.2 Å². The molecule has 0 amide bonds. The standard InChI is InChI=1S/C11H14N4O2S/c1-8-11(7-13-14-8)18(16,17)15-10-5-3-9(12-2)4-6-10/h3-7,12,15H,1-2H3,(H,13,14). The van der Waals surface area contributed by atoms with Gasteiger partial charge in [0.05, 0.1) is 11.9 Å². The van der Waals surface area contributed by atoms with Crippen LogP contribution in [0.5, 0.6) is 0 Å². The van der Waals surface area contributed by atoms with Crippen LogP contribution >= 0.6 is 0 Å². The molecule has 0 radical (unpaired) electrons. The van der Waals surface area contributed by atoms with Crippen LogP contribution in [0.2, 0.25) is 0 Å². The van der Waals surface area contributed by atoms with Crippen LogP contribution in [0.15, 0.2) is 35.4 Å². The molecule has 96 valence electrons. The number of benzene rings is 1. The number of rotatable bonds is 4. The molecule has 1 heterocycles. The van der Waals surface area contributed by atoms with Crippen LogP contribution in [0.3, 0.4) is 0 Å². The van der Waals surface area contributed by atoms with Gasteiger partial charge in [0.1, 0.15) is 4.90 Å². The van der Waals surface area contributed by atoms with E-state index in [1.807, 2.05) is 0 Å². The van der Waals surface area contributed by atoms with E-state index >= 15 is 0 Å². The third-order valence-corrected chi connectivity index (χ3v) is 3.99. The fraction of sp³-hybridized carbons (Fsp3) is 0.182. The molecule has 0 saturated heterocycles. The maximum atomic E-state index is 12.1. The van der Waals surface area contributed by atoms with E-state index in [-0.39, 0.29) is 4.90 Å². The highest BCUT2D eigenvalue weighted by atomic mass is 32.2. The molecule has 0 saturated carbocycles. The monoisotopic (exact) mass is 266 g/mol. The molecule has 0 atom stereocenters. The van der Waals surface area contributed by atoms with Crippen molar-refractivity contribution in [3.05, 3.63) is 36.2 Å². The number of nitrogens with one attached hydrogen (secondary N) is 3. The summed E-state index contributed by atoms with van der Waals surface area (Å²) in [6.45, 7) is 1.66. The summed E-state index contributed by atoms with van der Waals surface area (Å²) < 4.78 is 26.6. The van der Waals surface area contributed by atoms with E-state index in [9.17, 15) is 8.42 Å². The van der Waals surface area contributed by atoms with Gasteiger partial charge < -0.3 is 5.32 Å². The second-order valence-corrected chi connectivity index (χ2v) is 5.44. The Hall–Kier alpha value is -2.02. The fourth-order valence-electron chi connectivity index (χ4n) is 1.53. The number of H-pyrrole nitrogens is 1. The van der Waals surface area contributed by atoms with E-state index in [4.69, 9.17) is 0 Å². The van der Waals surface area contributed by atoms with Gasteiger partial charge in [-0.2, -0.15) is 5.10 Å². The number of aromatic amines is 1. The second kappa shape index (κ2) is 4.69. The highest BCUT2D eigenvalue weighted by molar-refractivity contribution is 7.92. The van der Waals surface area contributed by atoms with Crippen LogP contribution in [0.25, 0.3) is 0 Å². The van der Waals surface area contributed by atoms with Crippen LogP contribution in [0, 0.1) is 6.92 Å². The minimum absolute atomic E-state index is 0.153. The molecule has 2 rings (SSSR count). The quantitative estimate of drug-likeness (QED) is 0.783. The largest absolute Gasteiger partial charge is 0.388 e. The zero-order valence-electron chi connectivity index (χ0n) is 10.1. The maximum Gasteiger partial charge on any atom is 0.265 e. The highest BCUT2D eigenvalue weighted by Crippen LogP contribution is 2.19. The Morgan fingerprint density at radius 1 is 1.17 bits per heavy atom. The molecule has 6 nitrogen and oxygen atoms in total. The number of hydrogen-bond acceptors (Lipinski definition) is 4. The Labute approximate surface area is 105 Å². The number of hydrogen-bond donors (Lipinski definition) is 3. The first-order chi connectivity index (χ1) is 8.53. The molecule has 0 unspecified atom stereocenters. The van der Waals surface area contributed by atoms with Crippen molar-refractivity contribution in [1.29, 1.82) is 0 Å². The lowest BCUT2D eigenvalue weighted by molar-refractivity contribution is 0.600. The third-order valence-electron chi connectivity index (χ3n) is 2.50. The molecule has 0 aliphatic heterocycles. The Morgan fingerprint density at radius 2 is 1.78 bits per heavy atom. The van der Waals surface area contributed by atoms with Crippen LogP contribution in [0.4, 0.5) is 11.4 Å². The first-order valence-corrected chi connectivity index (χ1v) is 6.82. The van der Waals surface area contributed by atoms with E-state index in [2.05, 4.69) is 20.2 Å². The van der Waals surface area contributed by atoms with E-state index < -0.39 is 10.0 Å². The molecule has 0 bridgehead atoms. The molecular formula is C11H14N4O2S. The predicted octanol–water partition coefficient (Wildman–Crippen LogP) is 1.56. The van der Waals surface area contributed by atoms with Gasteiger partial charge in [0, 0.05) is 18.4 Å². The van der Waals surface area contributed by atoms with Gasteiger partial charge >= 0.3 is 0 Å². The van der Waals surface area contributed by atoms with E-state index in [1.165, 1.54) is 6.20 Å². The molecule has 0 spiro atoms. The summed E-state index contributed by atoms with van der Waals surface area (Å²) in [7, 11) is -1.78. The van der Waals surface area contributed by atoms with Crippen LogP contribution in [-0.4, -0.2) is 25.7 Å². The SMILES string of the molecule is CNc1ccc(NS(=O)(=O)c2cn[nH]c2C)cc1. The Balaban J connectivity index is 2.25. The minimum Gasteiger partial charge on any atom is -0.388 e. The molecule has 1 aromatic heterocycles. The maximum absolute atomic E-state index is 12.1. The van der Waals surface area contributed by atoms with Crippen LogP contribution in [-0.2, 0) is 10.0 Å². The van der Waals surface area contributed by atoms with Crippen LogP contribution < -0.4 is 10.0 Å². The average molecular weight is 266 g/mol. The zero-order chi connectivity index (χ0) is 13.2. The lowest BCUT2D eigenvalue weighted by Gasteiger charge is -2.07. The Bertz CT molecular complexity index is 631. The van der Waals surface area contributed by atoms with Crippen molar-refractivity contribution < 1.29 is 8.42 Å². The summed E-state index contributed by atoms with van der Waals surface area (Å²) in [6.07, 6.45) is 1.29. The van der Waals surface area contributed by atoms with Crippen molar-refractivity contribution >= 4 is 21.4 Å². The highest BCUT2D eigenvalue weighted by Gasteiger charge is 2.18. The summed E-state index contributed by atoms with van der Waals surface area (Å²) in [5.41, 5.74) is 1.93. The van der Waals surface area contributed by atoms with Crippen molar-refractivity contribution in [3.63, 3.8) is 0 Å². The van der Waals surface area contributed by atoms with E-state index in [1.54, 1.807) is 38.2 Å². The Morgan fingerprint density at radius 3 is 2.28 bits per heavy atom. The molecule has 2 aromatic rings. The number of aryl methyl sites for hydroxylation is 1. The van der Waals surface area contributed by atoms with Crippen molar-refractivity contribution in [2.45, 2.75) is 11.8 Å².